The van der Waals surface area contributed by atoms with Gasteiger partial charge in [0.2, 0.25) is 0 Å². The largest absolute Gasteiger partial charge is 0.352 e. The van der Waals surface area contributed by atoms with Gasteiger partial charge in [-0.3, -0.25) is 0 Å². The Balaban J connectivity index is 2.10. The normalized spacial score (nSPS) is 29.2. The van der Waals surface area contributed by atoms with E-state index in [4.69, 9.17) is 0 Å². The highest BCUT2D eigenvalue weighted by Gasteiger charge is 2.37. The van der Waals surface area contributed by atoms with Crippen LogP contribution in [0.3, 0.4) is 0 Å². The Hall–Kier alpha value is -1.36. The second-order valence-electron chi connectivity index (χ2n) is 5.09. The Morgan fingerprint density at radius 2 is 2.00 bits per heavy atom. The maximum absolute atomic E-state index is 12.0. The third kappa shape index (κ3) is 1.57. The van der Waals surface area contributed by atoms with Crippen LogP contribution in [0.2, 0.25) is 0 Å². The smallest absolute Gasteiger partial charge is 0.285 e. The van der Waals surface area contributed by atoms with E-state index < -0.39 is 10.0 Å². The topological polar surface area (TPSA) is 49.7 Å². The van der Waals surface area contributed by atoms with Gasteiger partial charge < -0.3 is 4.90 Å². The molecule has 1 saturated heterocycles. The van der Waals surface area contributed by atoms with Gasteiger partial charge in [-0.15, -0.1) is 4.40 Å². The fraction of sp³-hybridized carbons (Fsp3) is 0.462. The van der Waals surface area contributed by atoms with Gasteiger partial charge in [0.1, 0.15) is 4.90 Å². The van der Waals surface area contributed by atoms with Gasteiger partial charge in [-0.25, -0.2) is 0 Å². The van der Waals surface area contributed by atoms with Gasteiger partial charge in [-0.1, -0.05) is 19.1 Å². The van der Waals surface area contributed by atoms with E-state index in [0.717, 1.165) is 18.5 Å². The van der Waals surface area contributed by atoms with E-state index in [1.807, 2.05) is 12.1 Å². The summed E-state index contributed by atoms with van der Waals surface area (Å²) in [6.45, 7) is 5.21. The molecule has 2 atom stereocenters. The minimum absolute atomic E-state index is 0.338. The van der Waals surface area contributed by atoms with Gasteiger partial charge in [-0.2, -0.15) is 8.42 Å². The molecule has 0 N–H and O–H groups in total. The first-order chi connectivity index (χ1) is 8.50. The first-order valence-electron chi connectivity index (χ1n) is 6.22. The van der Waals surface area contributed by atoms with E-state index >= 15 is 0 Å². The van der Waals surface area contributed by atoms with Crippen LogP contribution in [0.5, 0.6) is 0 Å². The molecule has 2 unspecified atom stereocenters. The van der Waals surface area contributed by atoms with E-state index in [1.165, 1.54) is 0 Å². The fourth-order valence-corrected chi connectivity index (χ4v) is 3.91. The molecule has 0 amide bonds. The van der Waals surface area contributed by atoms with E-state index in [1.54, 1.807) is 12.1 Å². The van der Waals surface area contributed by atoms with Crippen molar-refractivity contribution in [3.63, 3.8) is 0 Å². The first kappa shape index (κ1) is 11.7. The average Bonchev–Trinajstić information content (AvgIpc) is 2.80. The molecule has 1 aromatic rings. The van der Waals surface area contributed by atoms with Crippen LogP contribution in [0, 0.1) is 5.92 Å². The highest BCUT2D eigenvalue weighted by Crippen LogP contribution is 2.32. The Labute approximate surface area is 107 Å². The maximum Gasteiger partial charge on any atom is 0.285 e. The molecule has 4 nitrogen and oxygen atoms in total. The molecule has 0 bridgehead atoms. The molecule has 0 saturated carbocycles. The van der Waals surface area contributed by atoms with Crippen molar-refractivity contribution in [3.05, 3.63) is 29.8 Å². The van der Waals surface area contributed by atoms with E-state index in [0.29, 0.717) is 22.7 Å². The van der Waals surface area contributed by atoms with Crippen LogP contribution in [0.1, 0.15) is 25.8 Å². The molecule has 2 aliphatic heterocycles. The van der Waals surface area contributed by atoms with E-state index in [2.05, 4.69) is 23.1 Å². The molecule has 3 rings (SSSR count). The van der Waals surface area contributed by atoms with Crippen LogP contribution in [-0.2, 0) is 10.0 Å². The van der Waals surface area contributed by atoms with Gasteiger partial charge >= 0.3 is 0 Å². The molecule has 0 aliphatic carbocycles. The van der Waals surface area contributed by atoms with E-state index in [-0.39, 0.29) is 0 Å². The fourth-order valence-electron chi connectivity index (χ4n) is 2.69. The predicted molar refractivity (Wildman–Crippen MR) is 70.1 cm³/mol. The lowest BCUT2D eigenvalue weighted by molar-refractivity contribution is 0.371. The van der Waals surface area contributed by atoms with Crippen LogP contribution < -0.4 is 0 Å². The summed E-state index contributed by atoms with van der Waals surface area (Å²) < 4.78 is 28.0. The summed E-state index contributed by atoms with van der Waals surface area (Å²) in [5.41, 5.74) is 0.749. The summed E-state index contributed by atoms with van der Waals surface area (Å²) in [6.07, 6.45) is 1.09. The van der Waals surface area contributed by atoms with Crippen LogP contribution in [0.15, 0.2) is 33.6 Å². The van der Waals surface area contributed by atoms with Gasteiger partial charge in [0, 0.05) is 18.2 Å². The minimum atomic E-state index is -3.49. The van der Waals surface area contributed by atoms with Crippen molar-refractivity contribution in [2.45, 2.75) is 31.2 Å². The Kier molecular flexibility index (Phi) is 2.48. The lowest BCUT2D eigenvalue weighted by Crippen LogP contribution is -2.35. The number of benzene rings is 1. The zero-order chi connectivity index (χ0) is 12.9. The molecular formula is C13H16N2O2S. The number of likely N-dealkylation sites (tertiary alicyclic amines) is 1. The molecule has 0 spiro atoms. The molecule has 0 radical (unpaired) electrons. The van der Waals surface area contributed by atoms with Crippen LogP contribution in [-0.4, -0.2) is 31.7 Å². The minimum Gasteiger partial charge on any atom is -0.352 e. The zero-order valence-corrected chi connectivity index (χ0v) is 11.3. The number of fused-ring (bicyclic) bond motifs is 1. The Morgan fingerprint density at radius 3 is 2.67 bits per heavy atom. The van der Waals surface area contributed by atoms with Crippen molar-refractivity contribution in [3.8, 4) is 0 Å². The molecule has 1 fully saturated rings. The van der Waals surface area contributed by atoms with Crippen molar-refractivity contribution < 1.29 is 8.42 Å². The number of rotatable bonds is 0. The molecule has 18 heavy (non-hydrogen) atoms. The molecule has 0 aromatic heterocycles. The maximum atomic E-state index is 12.0. The van der Waals surface area contributed by atoms with Crippen molar-refractivity contribution in [1.82, 2.24) is 4.90 Å². The highest BCUT2D eigenvalue weighted by atomic mass is 32.2. The summed E-state index contributed by atoms with van der Waals surface area (Å²) in [5, 5.41) is 0. The number of nitrogens with zero attached hydrogens (tertiary/aromatic N) is 2. The third-order valence-corrected chi connectivity index (χ3v) is 5.35. The van der Waals surface area contributed by atoms with Crippen molar-refractivity contribution in [2.24, 2.45) is 10.3 Å². The third-order valence-electron chi connectivity index (χ3n) is 4.03. The van der Waals surface area contributed by atoms with Crippen LogP contribution >= 0.6 is 0 Å². The summed E-state index contributed by atoms with van der Waals surface area (Å²) in [4.78, 5) is 2.46. The lowest BCUT2D eigenvalue weighted by Gasteiger charge is -2.25. The molecule has 2 aliphatic rings. The Bertz CT molecular complexity index is 622. The summed E-state index contributed by atoms with van der Waals surface area (Å²) in [5.74, 6) is 1.20. The second-order valence-corrected chi connectivity index (χ2v) is 6.66. The summed E-state index contributed by atoms with van der Waals surface area (Å²) in [7, 11) is -3.49. The molecule has 2 heterocycles. The lowest BCUT2D eigenvalue weighted by atomic mass is 10.0. The van der Waals surface area contributed by atoms with Gasteiger partial charge in [0.25, 0.3) is 10.0 Å². The first-order valence-corrected chi connectivity index (χ1v) is 7.66. The quantitative estimate of drug-likeness (QED) is 0.718. The van der Waals surface area contributed by atoms with Gasteiger partial charge in [0.05, 0.1) is 0 Å². The van der Waals surface area contributed by atoms with E-state index in [9.17, 15) is 8.42 Å². The monoisotopic (exact) mass is 264 g/mol. The highest BCUT2D eigenvalue weighted by molar-refractivity contribution is 7.90. The summed E-state index contributed by atoms with van der Waals surface area (Å²) >= 11 is 0. The van der Waals surface area contributed by atoms with Crippen molar-refractivity contribution in [1.29, 1.82) is 0 Å². The molecular weight excluding hydrogens is 248 g/mol. The number of hydrogen-bond acceptors (Lipinski definition) is 3. The molecule has 1 aromatic carbocycles. The summed E-state index contributed by atoms with van der Waals surface area (Å²) in [6, 6.07) is 7.41. The van der Waals surface area contributed by atoms with Crippen molar-refractivity contribution in [2.75, 3.05) is 6.54 Å². The number of amidine groups is 1. The van der Waals surface area contributed by atoms with Crippen molar-refractivity contribution >= 4 is 15.9 Å². The molecule has 5 heteroatoms. The Morgan fingerprint density at radius 1 is 1.28 bits per heavy atom. The number of sulfonamides is 1. The molecule has 96 valence electrons. The predicted octanol–water partition coefficient (Wildman–Crippen LogP) is 1.87. The second kappa shape index (κ2) is 3.82. The van der Waals surface area contributed by atoms with Gasteiger partial charge in [0.15, 0.2) is 5.84 Å². The van der Waals surface area contributed by atoms with Gasteiger partial charge in [-0.05, 0) is 31.4 Å². The van der Waals surface area contributed by atoms with Crippen LogP contribution in [0.25, 0.3) is 0 Å². The average molecular weight is 264 g/mol. The zero-order valence-electron chi connectivity index (χ0n) is 10.5. The standard InChI is InChI=1S/C13H16N2O2S/c1-9-7-8-15(10(9)2)13-11-5-3-4-6-12(11)18(16,17)14-13/h3-6,9-10H,7-8H2,1-2H3. The van der Waals surface area contributed by atoms with Crippen LogP contribution in [0.4, 0.5) is 0 Å². The number of hydrogen-bond donors (Lipinski definition) is 0. The SMILES string of the molecule is CC1CCN(C2=NS(=O)(=O)c3ccccc32)C1C.